The minimum absolute atomic E-state index is 0.0493. The summed E-state index contributed by atoms with van der Waals surface area (Å²) < 4.78 is 4.94. The summed E-state index contributed by atoms with van der Waals surface area (Å²) in [4.78, 5) is 26.1. The average molecular weight is 296 g/mol. The number of carboxylic acids is 1. The Labute approximate surface area is 123 Å². The number of anilines is 1. The number of rotatable bonds is 7. The number of carboxylic acid groups (broad SMARTS) is 1. The molecule has 0 unspecified atom stereocenters. The minimum Gasteiger partial charge on any atom is -0.508 e. The minimum atomic E-state index is -1.11. The molecule has 0 bridgehead atoms. The Morgan fingerprint density at radius 2 is 1.86 bits per heavy atom. The molecule has 0 heterocycles. The van der Waals surface area contributed by atoms with Crippen LogP contribution in [-0.2, 0) is 9.53 Å². The van der Waals surface area contributed by atoms with E-state index in [1.54, 1.807) is 0 Å². The molecule has 2 amide bonds. The normalized spacial score (nSPS) is 10.2. The van der Waals surface area contributed by atoms with E-state index in [0.717, 1.165) is 4.90 Å². The van der Waals surface area contributed by atoms with Gasteiger partial charge in [0.05, 0.1) is 6.61 Å². The van der Waals surface area contributed by atoms with Crippen molar-refractivity contribution in [3.63, 3.8) is 0 Å². The first kappa shape index (κ1) is 16.8. The highest BCUT2D eigenvalue weighted by molar-refractivity contribution is 5.96. The standard InChI is InChI=1S/C14H20N2O5/c1-3-15(8-9-21-2)14(20)16(10-13(18)19)11-4-6-12(17)7-5-11/h4-7,17H,3,8-10H2,1-2H3,(H,18,19). The quantitative estimate of drug-likeness (QED) is 0.793. The van der Waals surface area contributed by atoms with Crippen LogP contribution in [0.2, 0.25) is 0 Å². The second-order valence-electron chi connectivity index (χ2n) is 4.35. The smallest absolute Gasteiger partial charge is 0.325 e. The van der Waals surface area contributed by atoms with Crippen LogP contribution in [0.4, 0.5) is 10.5 Å². The van der Waals surface area contributed by atoms with Crippen LogP contribution in [0.15, 0.2) is 24.3 Å². The van der Waals surface area contributed by atoms with Crippen LogP contribution in [0.5, 0.6) is 5.75 Å². The lowest BCUT2D eigenvalue weighted by atomic mass is 10.2. The van der Waals surface area contributed by atoms with Gasteiger partial charge in [-0.25, -0.2) is 4.79 Å². The van der Waals surface area contributed by atoms with Gasteiger partial charge in [0.15, 0.2) is 0 Å². The van der Waals surface area contributed by atoms with E-state index in [-0.39, 0.29) is 5.75 Å². The zero-order valence-corrected chi connectivity index (χ0v) is 12.2. The number of benzene rings is 1. The fourth-order valence-corrected chi connectivity index (χ4v) is 1.80. The molecular weight excluding hydrogens is 276 g/mol. The van der Waals surface area contributed by atoms with E-state index in [1.807, 2.05) is 6.92 Å². The third-order valence-electron chi connectivity index (χ3n) is 2.90. The van der Waals surface area contributed by atoms with Crippen LogP contribution in [0.3, 0.4) is 0 Å². The number of carbonyl (C=O) groups excluding carboxylic acids is 1. The molecule has 0 atom stereocenters. The van der Waals surface area contributed by atoms with Crippen molar-refractivity contribution in [3.05, 3.63) is 24.3 Å². The molecule has 21 heavy (non-hydrogen) atoms. The maximum Gasteiger partial charge on any atom is 0.325 e. The van der Waals surface area contributed by atoms with Crippen LogP contribution < -0.4 is 4.90 Å². The molecule has 0 fully saturated rings. The van der Waals surface area contributed by atoms with E-state index in [2.05, 4.69) is 0 Å². The predicted octanol–water partition coefficient (Wildman–Crippen LogP) is 1.37. The molecule has 7 nitrogen and oxygen atoms in total. The van der Waals surface area contributed by atoms with Crippen molar-refractivity contribution in [2.75, 3.05) is 38.3 Å². The summed E-state index contributed by atoms with van der Waals surface area (Å²) in [6, 6.07) is 5.40. The first-order valence-electron chi connectivity index (χ1n) is 6.55. The van der Waals surface area contributed by atoms with E-state index in [1.165, 1.54) is 36.3 Å². The number of aliphatic carboxylic acids is 1. The van der Waals surface area contributed by atoms with Crippen LogP contribution >= 0.6 is 0 Å². The molecule has 0 aliphatic heterocycles. The first-order valence-corrected chi connectivity index (χ1v) is 6.55. The van der Waals surface area contributed by atoms with Gasteiger partial charge in [0.1, 0.15) is 12.3 Å². The number of amides is 2. The second kappa shape index (κ2) is 8.11. The van der Waals surface area contributed by atoms with Gasteiger partial charge in [0.2, 0.25) is 0 Å². The van der Waals surface area contributed by atoms with Crippen molar-refractivity contribution in [2.45, 2.75) is 6.92 Å². The van der Waals surface area contributed by atoms with Gasteiger partial charge in [-0.2, -0.15) is 0 Å². The lowest BCUT2D eigenvalue weighted by molar-refractivity contribution is -0.135. The molecule has 0 aromatic heterocycles. The van der Waals surface area contributed by atoms with Gasteiger partial charge in [-0.1, -0.05) is 0 Å². The highest BCUT2D eigenvalue weighted by Crippen LogP contribution is 2.19. The zero-order chi connectivity index (χ0) is 15.8. The number of phenols is 1. The topological polar surface area (TPSA) is 90.3 Å². The molecule has 0 saturated heterocycles. The number of likely N-dealkylation sites (N-methyl/N-ethyl adjacent to an activating group) is 1. The van der Waals surface area contributed by atoms with Crippen LogP contribution in [0.1, 0.15) is 6.92 Å². The highest BCUT2D eigenvalue weighted by Gasteiger charge is 2.23. The molecule has 116 valence electrons. The molecule has 1 rings (SSSR count). The SMILES string of the molecule is CCN(CCOC)C(=O)N(CC(=O)O)c1ccc(O)cc1. The molecule has 0 saturated carbocycles. The van der Waals surface area contributed by atoms with Crippen molar-refractivity contribution >= 4 is 17.7 Å². The second-order valence-corrected chi connectivity index (χ2v) is 4.35. The Hall–Kier alpha value is -2.28. The summed E-state index contributed by atoms with van der Waals surface area (Å²) in [6.45, 7) is 2.54. The number of urea groups is 1. The summed E-state index contributed by atoms with van der Waals surface area (Å²) in [5.41, 5.74) is 0.413. The van der Waals surface area contributed by atoms with Crippen molar-refractivity contribution in [1.29, 1.82) is 0 Å². The predicted molar refractivity (Wildman–Crippen MR) is 77.6 cm³/mol. The van der Waals surface area contributed by atoms with E-state index < -0.39 is 18.5 Å². The van der Waals surface area contributed by atoms with Gasteiger partial charge in [-0.05, 0) is 31.2 Å². The largest absolute Gasteiger partial charge is 0.508 e. The van der Waals surface area contributed by atoms with Gasteiger partial charge >= 0.3 is 12.0 Å². The maximum absolute atomic E-state index is 12.5. The number of nitrogens with zero attached hydrogens (tertiary/aromatic N) is 2. The fourth-order valence-electron chi connectivity index (χ4n) is 1.80. The average Bonchev–Trinajstić information content (AvgIpc) is 2.46. The van der Waals surface area contributed by atoms with Crippen LogP contribution in [0.25, 0.3) is 0 Å². The Morgan fingerprint density at radius 3 is 2.33 bits per heavy atom. The summed E-state index contributed by atoms with van der Waals surface area (Å²) in [7, 11) is 1.54. The van der Waals surface area contributed by atoms with E-state index in [0.29, 0.717) is 25.4 Å². The van der Waals surface area contributed by atoms with E-state index in [4.69, 9.17) is 9.84 Å². The van der Waals surface area contributed by atoms with Crippen LogP contribution in [-0.4, -0.2) is 60.5 Å². The summed E-state index contributed by atoms with van der Waals surface area (Å²) in [6.07, 6.45) is 0. The van der Waals surface area contributed by atoms with Gasteiger partial charge in [0, 0.05) is 25.9 Å². The molecule has 0 aliphatic rings. The van der Waals surface area contributed by atoms with E-state index >= 15 is 0 Å². The Bertz CT molecular complexity index is 475. The van der Waals surface area contributed by atoms with Gasteiger partial charge in [0.25, 0.3) is 0 Å². The monoisotopic (exact) mass is 296 g/mol. The first-order chi connectivity index (χ1) is 9.99. The number of ether oxygens (including phenoxy) is 1. The number of carbonyl (C=O) groups is 2. The van der Waals surface area contributed by atoms with Crippen molar-refractivity contribution in [3.8, 4) is 5.75 Å². The highest BCUT2D eigenvalue weighted by atomic mass is 16.5. The maximum atomic E-state index is 12.5. The Kier molecular flexibility index (Phi) is 6.48. The van der Waals surface area contributed by atoms with E-state index in [9.17, 15) is 14.7 Å². The third-order valence-corrected chi connectivity index (χ3v) is 2.90. The van der Waals surface area contributed by atoms with Crippen molar-refractivity contribution in [1.82, 2.24) is 4.90 Å². The molecule has 0 aliphatic carbocycles. The fraction of sp³-hybridized carbons (Fsp3) is 0.429. The number of hydrogen-bond donors (Lipinski definition) is 2. The summed E-state index contributed by atoms with van der Waals surface area (Å²) >= 11 is 0. The number of phenolic OH excluding ortho intramolecular Hbond substituents is 1. The molecule has 1 aromatic carbocycles. The van der Waals surface area contributed by atoms with Crippen molar-refractivity contribution < 1.29 is 24.5 Å². The van der Waals surface area contributed by atoms with Gasteiger partial charge < -0.3 is 19.8 Å². The molecule has 2 N–H and O–H groups in total. The summed E-state index contributed by atoms with van der Waals surface area (Å²) in [5.74, 6) is -1.06. The number of methoxy groups -OCH3 is 1. The number of aromatic hydroxyl groups is 1. The molecule has 0 spiro atoms. The van der Waals surface area contributed by atoms with Gasteiger partial charge in [-0.3, -0.25) is 9.69 Å². The molecule has 7 heteroatoms. The Balaban J connectivity index is 2.97. The lowest BCUT2D eigenvalue weighted by Gasteiger charge is -2.29. The molecule has 1 aromatic rings. The molecule has 0 radical (unpaired) electrons. The number of hydrogen-bond acceptors (Lipinski definition) is 4. The lowest BCUT2D eigenvalue weighted by Crippen LogP contribution is -2.46. The third kappa shape index (κ3) is 4.96. The molecular formula is C14H20N2O5. The Morgan fingerprint density at radius 1 is 1.24 bits per heavy atom. The zero-order valence-electron chi connectivity index (χ0n) is 12.2. The van der Waals surface area contributed by atoms with Gasteiger partial charge in [-0.15, -0.1) is 0 Å². The summed E-state index contributed by atoms with van der Waals surface area (Å²) in [5, 5.41) is 18.3. The van der Waals surface area contributed by atoms with Crippen LogP contribution in [0, 0.1) is 0 Å². The van der Waals surface area contributed by atoms with Crippen molar-refractivity contribution in [2.24, 2.45) is 0 Å².